The van der Waals surface area contributed by atoms with Crippen molar-refractivity contribution >= 4 is 27.4 Å². The molecule has 1 saturated carbocycles. The lowest BCUT2D eigenvalue weighted by atomic mass is 9.85. The molecule has 2 aromatic heterocycles. The van der Waals surface area contributed by atoms with Gasteiger partial charge in [0.1, 0.15) is 17.0 Å². The molecular weight excluding hydrogens is 280 g/mol. The Balaban J connectivity index is 1.60. The molecule has 5 heteroatoms. The Labute approximate surface area is 130 Å². The van der Waals surface area contributed by atoms with Crippen molar-refractivity contribution < 1.29 is 0 Å². The highest BCUT2D eigenvalue weighted by Crippen LogP contribution is 2.29. The standard InChI is InChI=1S/C16H24N4S/c1-11-8-14-15(18-10-19-16(14)21-11)17-9-12-4-6-13(7-5-12)20(2)3/h8,10,12-13H,4-7,9H2,1-3H3,(H,17,18,19). The van der Waals surface area contributed by atoms with Gasteiger partial charge in [0, 0.05) is 17.5 Å². The third-order valence-corrected chi connectivity index (χ3v) is 5.52. The predicted octanol–water partition coefficient (Wildman–Crippen LogP) is 3.53. The normalized spacial score (nSPS) is 22.9. The van der Waals surface area contributed by atoms with Crippen LogP contribution >= 0.6 is 11.3 Å². The van der Waals surface area contributed by atoms with E-state index < -0.39 is 0 Å². The van der Waals surface area contributed by atoms with Gasteiger partial charge in [-0.2, -0.15) is 0 Å². The Morgan fingerprint density at radius 1 is 1.24 bits per heavy atom. The van der Waals surface area contributed by atoms with Gasteiger partial charge in [-0.3, -0.25) is 0 Å². The number of anilines is 1. The predicted molar refractivity (Wildman–Crippen MR) is 90.1 cm³/mol. The van der Waals surface area contributed by atoms with Crippen molar-refractivity contribution in [3.05, 3.63) is 17.3 Å². The Kier molecular flexibility index (Phi) is 4.40. The number of nitrogens with zero attached hydrogens (tertiary/aromatic N) is 3. The first-order valence-electron chi connectivity index (χ1n) is 7.75. The molecule has 0 radical (unpaired) electrons. The summed E-state index contributed by atoms with van der Waals surface area (Å²) in [5.41, 5.74) is 0. The second kappa shape index (κ2) is 6.28. The molecule has 0 aromatic carbocycles. The van der Waals surface area contributed by atoms with E-state index in [0.717, 1.165) is 29.2 Å². The zero-order valence-electron chi connectivity index (χ0n) is 13.1. The van der Waals surface area contributed by atoms with Crippen molar-refractivity contribution in [3.8, 4) is 0 Å². The van der Waals surface area contributed by atoms with E-state index in [4.69, 9.17) is 0 Å². The van der Waals surface area contributed by atoms with E-state index in [1.807, 2.05) is 0 Å². The third-order valence-electron chi connectivity index (χ3n) is 4.56. The summed E-state index contributed by atoms with van der Waals surface area (Å²) >= 11 is 1.73. The van der Waals surface area contributed by atoms with Gasteiger partial charge in [0.05, 0.1) is 5.39 Å². The fourth-order valence-electron chi connectivity index (χ4n) is 3.22. The molecule has 1 fully saturated rings. The molecule has 0 saturated heterocycles. The average Bonchev–Trinajstić information content (AvgIpc) is 2.86. The SMILES string of the molecule is Cc1cc2c(NCC3CCC(N(C)C)CC3)ncnc2s1. The minimum atomic E-state index is 0.769. The third kappa shape index (κ3) is 3.35. The van der Waals surface area contributed by atoms with Gasteiger partial charge in [-0.1, -0.05) is 0 Å². The monoisotopic (exact) mass is 304 g/mol. The molecule has 2 heterocycles. The lowest BCUT2D eigenvalue weighted by Gasteiger charge is -2.32. The highest BCUT2D eigenvalue weighted by atomic mass is 32.1. The van der Waals surface area contributed by atoms with Crippen LogP contribution in [0.15, 0.2) is 12.4 Å². The first kappa shape index (κ1) is 14.7. The molecule has 4 nitrogen and oxygen atoms in total. The highest BCUT2D eigenvalue weighted by molar-refractivity contribution is 7.18. The molecule has 1 N–H and O–H groups in total. The molecule has 21 heavy (non-hydrogen) atoms. The van der Waals surface area contributed by atoms with Crippen LogP contribution in [0.25, 0.3) is 10.2 Å². The Bertz CT molecular complexity index is 599. The van der Waals surface area contributed by atoms with E-state index >= 15 is 0 Å². The maximum atomic E-state index is 4.42. The van der Waals surface area contributed by atoms with Crippen molar-refractivity contribution in [3.63, 3.8) is 0 Å². The van der Waals surface area contributed by atoms with Crippen LogP contribution in [0.1, 0.15) is 30.6 Å². The number of hydrogen-bond acceptors (Lipinski definition) is 5. The molecule has 2 aromatic rings. The first-order chi connectivity index (χ1) is 10.1. The van der Waals surface area contributed by atoms with Crippen molar-refractivity contribution in [1.29, 1.82) is 0 Å². The average molecular weight is 304 g/mol. The van der Waals surface area contributed by atoms with E-state index in [9.17, 15) is 0 Å². The van der Waals surface area contributed by atoms with Gasteiger partial charge >= 0.3 is 0 Å². The summed E-state index contributed by atoms with van der Waals surface area (Å²) in [4.78, 5) is 13.5. The second-order valence-electron chi connectivity index (χ2n) is 6.32. The molecule has 0 atom stereocenters. The summed E-state index contributed by atoms with van der Waals surface area (Å²) < 4.78 is 0. The van der Waals surface area contributed by atoms with Gasteiger partial charge in [-0.25, -0.2) is 9.97 Å². The summed E-state index contributed by atoms with van der Waals surface area (Å²) in [6, 6.07) is 2.96. The van der Waals surface area contributed by atoms with Gasteiger partial charge in [0.25, 0.3) is 0 Å². The van der Waals surface area contributed by atoms with Gasteiger partial charge in [-0.05, 0) is 58.7 Å². The Morgan fingerprint density at radius 3 is 2.71 bits per heavy atom. The van der Waals surface area contributed by atoms with Crippen molar-refractivity contribution in [2.24, 2.45) is 5.92 Å². The van der Waals surface area contributed by atoms with Crippen LogP contribution in [0.3, 0.4) is 0 Å². The van der Waals surface area contributed by atoms with E-state index in [1.165, 1.54) is 35.9 Å². The number of hydrogen-bond donors (Lipinski definition) is 1. The van der Waals surface area contributed by atoms with Crippen LogP contribution in [0.2, 0.25) is 0 Å². The molecule has 1 aliphatic carbocycles. The maximum absolute atomic E-state index is 4.42. The number of fused-ring (bicyclic) bond motifs is 1. The van der Waals surface area contributed by atoms with E-state index in [2.05, 4.69) is 47.3 Å². The van der Waals surface area contributed by atoms with Crippen LogP contribution in [-0.2, 0) is 0 Å². The molecule has 0 amide bonds. The molecular formula is C16H24N4S. The number of aryl methyl sites for hydroxylation is 1. The fraction of sp³-hybridized carbons (Fsp3) is 0.625. The number of aromatic nitrogens is 2. The van der Waals surface area contributed by atoms with Crippen LogP contribution in [0.5, 0.6) is 0 Å². The van der Waals surface area contributed by atoms with Crippen LogP contribution in [-0.4, -0.2) is 41.5 Å². The number of rotatable bonds is 4. The fourth-order valence-corrected chi connectivity index (χ4v) is 4.07. The Hall–Kier alpha value is -1.20. The summed E-state index contributed by atoms with van der Waals surface area (Å²) in [5, 5.41) is 4.73. The van der Waals surface area contributed by atoms with Crippen LogP contribution in [0.4, 0.5) is 5.82 Å². The lowest BCUT2D eigenvalue weighted by molar-refractivity contribution is 0.198. The first-order valence-corrected chi connectivity index (χ1v) is 8.56. The smallest absolute Gasteiger partial charge is 0.138 e. The Morgan fingerprint density at radius 2 is 2.00 bits per heavy atom. The van der Waals surface area contributed by atoms with Crippen molar-refractivity contribution in [1.82, 2.24) is 14.9 Å². The van der Waals surface area contributed by atoms with Gasteiger partial charge in [0.2, 0.25) is 0 Å². The van der Waals surface area contributed by atoms with Gasteiger partial charge in [0.15, 0.2) is 0 Å². The van der Waals surface area contributed by atoms with Crippen molar-refractivity contribution in [2.45, 2.75) is 38.6 Å². The van der Waals surface area contributed by atoms with Gasteiger partial charge in [-0.15, -0.1) is 11.3 Å². The highest BCUT2D eigenvalue weighted by Gasteiger charge is 2.22. The number of nitrogens with one attached hydrogen (secondary N) is 1. The molecule has 1 aliphatic rings. The zero-order valence-corrected chi connectivity index (χ0v) is 13.9. The van der Waals surface area contributed by atoms with E-state index in [-0.39, 0.29) is 0 Å². The summed E-state index contributed by atoms with van der Waals surface area (Å²) in [7, 11) is 4.39. The molecule has 0 unspecified atom stereocenters. The zero-order chi connectivity index (χ0) is 14.8. The molecule has 0 bridgehead atoms. The maximum Gasteiger partial charge on any atom is 0.138 e. The summed E-state index contributed by atoms with van der Waals surface area (Å²) in [6.07, 6.45) is 6.93. The van der Waals surface area contributed by atoms with Crippen molar-refractivity contribution in [2.75, 3.05) is 26.0 Å². The molecule has 0 aliphatic heterocycles. The minimum Gasteiger partial charge on any atom is -0.369 e. The molecule has 3 rings (SSSR count). The number of thiophene rings is 1. The summed E-state index contributed by atoms with van der Waals surface area (Å²) in [5.74, 6) is 1.77. The quantitative estimate of drug-likeness (QED) is 0.938. The van der Waals surface area contributed by atoms with Gasteiger partial charge < -0.3 is 10.2 Å². The molecule has 0 spiro atoms. The van der Waals surface area contributed by atoms with Crippen LogP contribution < -0.4 is 5.32 Å². The van der Waals surface area contributed by atoms with E-state index in [1.54, 1.807) is 17.7 Å². The molecule has 114 valence electrons. The second-order valence-corrected chi connectivity index (χ2v) is 7.55. The summed E-state index contributed by atoms with van der Waals surface area (Å²) in [6.45, 7) is 3.15. The largest absolute Gasteiger partial charge is 0.369 e. The minimum absolute atomic E-state index is 0.769. The topological polar surface area (TPSA) is 41.0 Å². The van der Waals surface area contributed by atoms with E-state index in [0.29, 0.717) is 0 Å². The van der Waals surface area contributed by atoms with Crippen LogP contribution in [0, 0.1) is 12.8 Å². The lowest BCUT2D eigenvalue weighted by Crippen LogP contribution is -2.33.